The summed E-state index contributed by atoms with van der Waals surface area (Å²) < 4.78 is 0. The fourth-order valence-electron chi connectivity index (χ4n) is 3.31. The summed E-state index contributed by atoms with van der Waals surface area (Å²) in [5.74, 6) is 0.343. The molecule has 0 aliphatic carbocycles. The van der Waals surface area contributed by atoms with E-state index in [-0.39, 0.29) is 5.41 Å². The first kappa shape index (κ1) is 17.5. The third kappa shape index (κ3) is 4.76. The number of carbonyl (C=O) groups excluding carboxylic acids is 1. The van der Waals surface area contributed by atoms with Gasteiger partial charge in [-0.25, -0.2) is 0 Å². The van der Waals surface area contributed by atoms with Crippen LogP contribution in [0, 0.1) is 10.8 Å². The molecule has 0 aromatic heterocycles. The Morgan fingerprint density at radius 3 is 2.15 bits per heavy atom. The van der Waals surface area contributed by atoms with Gasteiger partial charge in [-0.15, -0.1) is 0 Å². The molecule has 3 heteroatoms. The summed E-state index contributed by atoms with van der Waals surface area (Å²) in [5, 5.41) is 0. The monoisotopic (exact) mass is 282 g/mol. The van der Waals surface area contributed by atoms with Gasteiger partial charge in [-0.3, -0.25) is 4.79 Å². The molecular formula is C17H34N2O. The fraction of sp³-hybridized carbons (Fsp3) is 0.941. The molecule has 1 rings (SSSR count). The van der Waals surface area contributed by atoms with Crippen LogP contribution < -0.4 is 5.73 Å². The molecule has 2 N–H and O–H groups in total. The Hall–Kier alpha value is -0.570. The quantitative estimate of drug-likeness (QED) is 0.776. The van der Waals surface area contributed by atoms with E-state index in [0.717, 1.165) is 25.9 Å². The van der Waals surface area contributed by atoms with Gasteiger partial charge in [-0.05, 0) is 43.1 Å². The van der Waals surface area contributed by atoms with E-state index in [1.165, 1.54) is 25.7 Å². The predicted octanol–water partition coefficient (Wildman–Crippen LogP) is 3.57. The summed E-state index contributed by atoms with van der Waals surface area (Å²) in [6.45, 7) is 11.6. The number of carbonyl (C=O) groups is 1. The molecule has 0 unspecified atom stereocenters. The topological polar surface area (TPSA) is 46.3 Å². The molecule has 0 aromatic rings. The van der Waals surface area contributed by atoms with Gasteiger partial charge in [0.05, 0.1) is 0 Å². The number of nitrogens with zero attached hydrogens (tertiary/aromatic N) is 1. The van der Waals surface area contributed by atoms with Gasteiger partial charge in [-0.1, -0.05) is 40.5 Å². The van der Waals surface area contributed by atoms with Crippen LogP contribution in [0.25, 0.3) is 0 Å². The molecule has 118 valence electrons. The van der Waals surface area contributed by atoms with Crippen LogP contribution >= 0.6 is 0 Å². The standard InChI is InChI=1S/C17H34N2O/c1-5-17(6-2)10-13-19(14-11-17)15(20)7-8-16(3,4)9-12-18/h5-14,18H2,1-4H3. The second kappa shape index (κ2) is 7.44. The molecule has 1 amide bonds. The van der Waals surface area contributed by atoms with Crippen LogP contribution in [-0.4, -0.2) is 30.4 Å². The maximum Gasteiger partial charge on any atom is 0.222 e. The second-order valence-electron chi connectivity index (χ2n) is 7.29. The van der Waals surface area contributed by atoms with Gasteiger partial charge in [0.2, 0.25) is 5.91 Å². The van der Waals surface area contributed by atoms with Crippen LogP contribution in [0.3, 0.4) is 0 Å². The van der Waals surface area contributed by atoms with Crippen molar-refractivity contribution in [2.45, 2.75) is 72.6 Å². The molecule has 1 heterocycles. The van der Waals surface area contributed by atoms with Gasteiger partial charge >= 0.3 is 0 Å². The van der Waals surface area contributed by atoms with E-state index in [1.807, 2.05) is 0 Å². The lowest BCUT2D eigenvalue weighted by atomic mass is 9.74. The third-order valence-electron chi connectivity index (χ3n) is 5.51. The van der Waals surface area contributed by atoms with Crippen molar-refractivity contribution in [3.05, 3.63) is 0 Å². The van der Waals surface area contributed by atoms with Crippen molar-refractivity contribution in [2.24, 2.45) is 16.6 Å². The minimum Gasteiger partial charge on any atom is -0.343 e. The maximum absolute atomic E-state index is 12.3. The Morgan fingerprint density at radius 2 is 1.70 bits per heavy atom. The van der Waals surface area contributed by atoms with E-state index in [2.05, 4.69) is 32.6 Å². The molecule has 3 nitrogen and oxygen atoms in total. The summed E-state index contributed by atoms with van der Waals surface area (Å²) in [6, 6.07) is 0. The van der Waals surface area contributed by atoms with E-state index in [9.17, 15) is 4.79 Å². The Kier molecular flexibility index (Phi) is 6.50. The van der Waals surface area contributed by atoms with Crippen molar-refractivity contribution in [3.8, 4) is 0 Å². The molecule has 0 atom stereocenters. The smallest absolute Gasteiger partial charge is 0.222 e. The van der Waals surface area contributed by atoms with Gasteiger partial charge in [0.1, 0.15) is 0 Å². The number of hydrogen-bond acceptors (Lipinski definition) is 2. The highest BCUT2D eigenvalue weighted by atomic mass is 16.2. The molecule has 1 saturated heterocycles. The number of likely N-dealkylation sites (tertiary alicyclic amines) is 1. The zero-order chi connectivity index (χ0) is 15.2. The van der Waals surface area contributed by atoms with Crippen LogP contribution in [0.2, 0.25) is 0 Å². The molecule has 0 spiro atoms. The number of amides is 1. The first-order valence-electron chi connectivity index (χ1n) is 8.36. The molecular weight excluding hydrogens is 248 g/mol. The number of piperidine rings is 1. The highest BCUT2D eigenvalue weighted by molar-refractivity contribution is 5.76. The summed E-state index contributed by atoms with van der Waals surface area (Å²) >= 11 is 0. The summed E-state index contributed by atoms with van der Waals surface area (Å²) in [6.07, 6.45) is 7.47. The SMILES string of the molecule is CCC1(CC)CCN(C(=O)CCC(C)(C)CCN)CC1. The van der Waals surface area contributed by atoms with Crippen molar-refractivity contribution < 1.29 is 4.79 Å². The normalized spacial score (nSPS) is 19.1. The van der Waals surface area contributed by atoms with Crippen LogP contribution in [-0.2, 0) is 4.79 Å². The average Bonchev–Trinajstić information content (AvgIpc) is 2.45. The zero-order valence-corrected chi connectivity index (χ0v) is 14.0. The Balaban J connectivity index is 2.40. The van der Waals surface area contributed by atoms with Gasteiger partial charge in [0.15, 0.2) is 0 Å². The molecule has 20 heavy (non-hydrogen) atoms. The van der Waals surface area contributed by atoms with Crippen molar-refractivity contribution in [1.82, 2.24) is 4.90 Å². The van der Waals surface area contributed by atoms with E-state index < -0.39 is 0 Å². The van der Waals surface area contributed by atoms with Crippen molar-refractivity contribution in [1.29, 1.82) is 0 Å². The summed E-state index contributed by atoms with van der Waals surface area (Å²) in [4.78, 5) is 14.4. The molecule has 0 saturated carbocycles. The maximum atomic E-state index is 12.3. The Labute approximate surface area is 125 Å². The third-order valence-corrected chi connectivity index (χ3v) is 5.51. The van der Waals surface area contributed by atoms with Crippen LogP contribution in [0.15, 0.2) is 0 Å². The fourth-order valence-corrected chi connectivity index (χ4v) is 3.31. The second-order valence-corrected chi connectivity index (χ2v) is 7.29. The molecule has 1 aliphatic rings. The minimum atomic E-state index is 0.191. The highest BCUT2D eigenvalue weighted by Crippen LogP contribution is 2.38. The van der Waals surface area contributed by atoms with Crippen LogP contribution in [0.4, 0.5) is 0 Å². The first-order valence-corrected chi connectivity index (χ1v) is 8.36. The molecule has 0 radical (unpaired) electrons. The Bertz CT molecular complexity index is 298. The first-order chi connectivity index (χ1) is 9.38. The van der Waals surface area contributed by atoms with Crippen molar-refractivity contribution in [3.63, 3.8) is 0 Å². The van der Waals surface area contributed by atoms with E-state index in [0.29, 0.717) is 24.3 Å². The van der Waals surface area contributed by atoms with Crippen LogP contribution in [0.1, 0.15) is 72.6 Å². The van der Waals surface area contributed by atoms with E-state index in [4.69, 9.17) is 5.73 Å². The lowest BCUT2D eigenvalue weighted by Crippen LogP contribution is -2.43. The highest BCUT2D eigenvalue weighted by Gasteiger charge is 2.33. The van der Waals surface area contributed by atoms with Gasteiger partial charge < -0.3 is 10.6 Å². The minimum absolute atomic E-state index is 0.191. The van der Waals surface area contributed by atoms with E-state index >= 15 is 0 Å². The van der Waals surface area contributed by atoms with Gasteiger partial charge in [0.25, 0.3) is 0 Å². The van der Waals surface area contributed by atoms with Crippen LogP contribution in [0.5, 0.6) is 0 Å². The van der Waals surface area contributed by atoms with Gasteiger partial charge in [-0.2, -0.15) is 0 Å². The lowest BCUT2D eigenvalue weighted by Gasteiger charge is -2.41. The number of rotatable bonds is 7. The molecule has 1 aliphatic heterocycles. The molecule has 0 bridgehead atoms. The molecule has 0 aromatic carbocycles. The lowest BCUT2D eigenvalue weighted by molar-refractivity contribution is -0.134. The number of nitrogens with two attached hydrogens (primary N) is 1. The number of hydrogen-bond donors (Lipinski definition) is 1. The Morgan fingerprint density at radius 1 is 1.15 bits per heavy atom. The average molecular weight is 282 g/mol. The van der Waals surface area contributed by atoms with Crippen molar-refractivity contribution in [2.75, 3.05) is 19.6 Å². The zero-order valence-electron chi connectivity index (χ0n) is 14.0. The predicted molar refractivity (Wildman–Crippen MR) is 85.5 cm³/mol. The van der Waals surface area contributed by atoms with E-state index in [1.54, 1.807) is 0 Å². The largest absolute Gasteiger partial charge is 0.343 e. The summed E-state index contributed by atoms with van der Waals surface area (Å²) in [5.41, 5.74) is 6.32. The molecule has 1 fully saturated rings. The van der Waals surface area contributed by atoms with Gasteiger partial charge in [0, 0.05) is 19.5 Å². The summed E-state index contributed by atoms with van der Waals surface area (Å²) in [7, 11) is 0. The van der Waals surface area contributed by atoms with Crippen molar-refractivity contribution >= 4 is 5.91 Å².